The molecule has 0 radical (unpaired) electrons. The van der Waals surface area contributed by atoms with Crippen molar-refractivity contribution in [1.82, 2.24) is 10.4 Å². The Hall–Kier alpha value is -1.19. The van der Waals surface area contributed by atoms with Crippen molar-refractivity contribution in [1.29, 1.82) is 0 Å². The molecule has 0 bridgehead atoms. The molecule has 0 aromatic rings. The lowest BCUT2D eigenvalue weighted by atomic mass is 10.6. The topological polar surface area (TPSA) is 41.6 Å². The Kier molecular flexibility index (Phi) is 2.15. The number of carbonyl (C=O) groups is 1. The van der Waals surface area contributed by atoms with E-state index in [2.05, 4.69) is 5.32 Å². The summed E-state index contributed by atoms with van der Waals surface area (Å²) < 4.78 is 0. The van der Waals surface area contributed by atoms with Crippen molar-refractivity contribution in [2.75, 3.05) is 13.1 Å². The summed E-state index contributed by atoms with van der Waals surface area (Å²) in [6.45, 7) is 3.02. The highest BCUT2D eigenvalue weighted by Crippen LogP contribution is 1.99. The van der Waals surface area contributed by atoms with Crippen molar-refractivity contribution >= 4 is 6.03 Å². The van der Waals surface area contributed by atoms with Gasteiger partial charge >= 0.3 is 6.03 Å². The number of hydrogen-bond acceptors (Lipinski definition) is 2. The first-order chi connectivity index (χ1) is 4.84. The Labute approximate surface area is 59.4 Å². The quantitative estimate of drug-likeness (QED) is 0.578. The van der Waals surface area contributed by atoms with Crippen LogP contribution in [0.25, 0.3) is 0 Å². The van der Waals surface area contributed by atoms with E-state index in [-0.39, 0.29) is 6.03 Å². The second kappa shape index (κ2) is 3.10. The number of nitrogens with one attached hydrogen (secondary N) is 1. The van der Waals surface area contributed by atoms with Crippen LogP contribution in [0.1, 0.15) is 6.92 Å². The maximum absolute atomic E-state index is 10.9. The van der Waals surface area contributed by atoms with Crippen LogP contribution in [0.15, 0.2) is 12.3 Å². The van der Waals surface area contributed by atoms with Gasteiger partial charge in [0, 0.05) is 6.54 Å². The lowest BCUT2D eigenvalue weighted by molar-refractivity contribution is -0.0295. The third kappa shape index (κ3) is 1.40. The van der Waals surface area contributed by atoms with Crippen molar-refractivity contribution in [2.45, 2.75) is 6.92 Å². The van der Waals surface area contributed by atoms with E-state index in [9.17, 15) is 4.79 Å². The first kappa shape index (κ1) is 6.92. The molecule has 1 rings (SSSR count). The molecule has 0 aliphatic carbocycles. The van der Waals surface area contributed by atoms with E-state index in [1.807, 2.05) is 6.92 Å². The van der Waals surface area contributed by atoms with Crippen LogP contribution in [0.4, 0.5) is 4.79 Å². The zero-order valence-corrected chi connectivity index (χ0v) is 5.83. The molecule has 0 saturated heterocycles. The van der Waals surface area contributed by atoms with E-state index in [0.717, 1.165) is 0 Å². The predicted molar refractivity (Wildman–Crippen MR) is 36.0 cm³/mol. The number of carbonyl (C=O) groups excluding carboxylic acids is 1. The fraction of sp³-hybridized carbons (Fsp3) is 0.500. The molecule has 0 saturated carbocycles. The maximum atomic E-state index is 10.9. The fourth-order valence-electron chi connectivity index (χ4n) is 0.668. The van der Waals surface area contributed by atoms with Gasteiger partial charge in [0.1, 0.15) is 6.26 Å². The summed E-state index contributed by atoms with van der Waals surface area (Å²) in [5.74, 6) is 0. The van der Waals surface area contributed by atoms with E-state index in [1.165, 1.54) is 11.3 Å². The Morgan fingerprint density at radius 2 is 2.70 bits per heavy atom. The van der Waals surface area contributed by atoms with Crippen LogP contribution in [-0.2, 0) is 4.84 Å². The van der Waals surface area contributed by atoms with Crippen molar-refractivity contribution in [3.05, 3.63) is 12.3 Å². The zero-order chi connectivity index (χ0) is 7.40. The highest BCUT2D eigenvalue weighted by molar-refractivity contribution is 5.73. The Balaban J connectivity index is 2.28. The largest absolute Gasteiger partial charge is 0.383 e. The molecular weight excluding hydrogens is 132 g/mol. The molecule has 2 amide bonds. The third-order valence-corrected chi connectivity index (χ3v) is 1.11. The van der Waals surface area contributed by atoms with E-state index < -0.39 is 0 Å². The summed E-state index contributed by atoms with van der Waals surface area (Å²) in [6.07, 6.45) is 3.27. The summed E-state index contributed by atoms with van der Waals surface area (Å²) in [7, 11) is 0. The van der Waals surface area contributed by atoms with Crippen molar-refractivity contribution < 1.29 is 9.63 Å². The lowest BCUT2D eigenvalue weighted by Gasteiger charge is -2.13. The minimum atomic E-state index is -0.187. The number of hydrogen-bond donors (Lipinski definition) is 1. The summed E-state index contributed by atoms with van der Waals surface area (Å²) in [6, 6.07) is -0.187. The SMILES string of the molecule is CCNC(=O)N1CC=CO1. The zero-order valence-electron chi connectivity index (χ0n) is 5.83. The first-order valence-electron chi connectivity index (χ1n) is 3.21. The number of amides is 2. The van der Waals surface area contributed by atoms with Gasteiger partial charge in [-0.2, -0.15) is 5.06 Å². The number of hydroxylamine groups is 2. The van der Waals surface area contributed by atoms with Gasteiger partial charge in [-0.1, -0.05) is 0 Å². The van der Waals surface area contributed by atoms with E-state index in [4.69, 9.17) is 4.84 Å². The minimum Gasteiger partial charge on any atom is -0.383 e. The molecule has 1 N–H and O–H groups in total. The van der Waals surface area contributed by atoms with Crippen LogP contribution >= 0.6 is 0 Å². The van der Waals surface area contributed by atoms with Gasteiger partial charge in [0.15, 0.2) is 0 Å². The van der Waals surface area contributed by atoms with Crippen molar-refractivity contribution in [3.63, 3.8) is 0 Å². The second-order valence-electron chi connectivity index (χ2n) is 1.87. The second-order valence-corrected chi connectivity index (χ2v) is 1.87. The van der Waals surface area contributed by atoms with Gasteiger partial charge in [-0.15, -0.1) is 0 Å². The molecule has 0 atom stereocenters. The van der Waals surface area contributed by atoms with E-state index in [0.29, 0.717) is 13.1 Å². The summed E-state index contributed by atoms with van der Waals surface area (Å²) in [5.41, 5.74) is 0. The van der Waals surface area contributed by atoms with Gasteiger partial charge in [-0.3, -0.25) is 0 Å². The van der Waals surface area contributed by atoms with Crippen LogP contribution in [0.5, 0.6) is 0 Å². The molecule has 0 fully saturated rings. The molecule has 1 aliphatic heterocycles. The molecule has 1 aliphatic rings. The van der Waals surface area contributed by atoms with Crippen LogP contribution < -0.4 is 5.32 Å². The monoisotopic (exact) mass is 142 g/mol. The molecule has 56 valence electrons. The van der Waals surface area contributed by atoms with Crippen molar-refractivity contribution in [2.24, 2.45) is 0 Å². The molecule has 4 nitrogen and oxygen atoms in total. The Morgan fingerprint density at radius 1 is 1.90 bits per heavy atom. The Bertz CT molecular complexity index is 148. The Morgan fingerprint density at radius 3 is 3.20 bits per heavy atom. The van der Waals surface area contributed by atoms with Crippen LogP contribution in [0, 0.1) is 0 Å². The highest BCUT2D eigenvalue weighted by atomic mass is 16.7. The van der Waals surface area contributed by atoms with Gasteiger partial charge in [0.05, 0.1) is 6.54 Å². The smallest absolute Gasteiger partial charge is 0.350 e. The molecule has 0 aromatic heterocycles. The van der Waals surface area contributed by atoms with Gasteiger partial charge in [-0.05, 0) is 13.0 Å². The fourth-order valence-corrected chi connectivity index (χ4v) is 0.668. The lowest BCUT2D eigenvalue weighted by Crippen LogP contribution is -2.37. The molecule has 1 heterocycles. The number of nitrogens with zero attached hydrogens (tertiary/aromatic N) is 1. The molecule has 4 heteroatoms. The number of rotatable bonds is 1. The molecule has 0 spiro atoms. The number of urea groups is 1. The maximum Gasteiger partial charge on any atom is 0.350 e. The minimum absolute atomic E-state index is 0.187. The van der Waals surface area contributed by atoms with Crippen LogP contribution in [-0.4, -0.2) is 24.2 Å². The van der Waals surface area contributed by atoms with Gasteiger partial charge in [0.25, 0.3) is 0 Å². The average Bonchev–Trinajstić information content (AvgIpc) is 2.38. The van der Waals surface area contributed by atoms with Crippen molar-refractivity contribution in [3.8, 4) is 0 Å². The summed E-state index contributed by atoms with van der Waals surface area (Å²) in [5, 5.41) is 3.86. The highest BCUT2D eigenvalue weighted by Gasteiger charge is 2.13. The summed E-state index contributed by atoms with van der Waals surface area (Å²) in [4.78, 5) is 15.7. The van der Waals surface area contributed by atoms with Gasteiger partial charge < -0.3 is 10.2 Å². The third-order valence-electron chi connectivity index (χ3n) is 1.11. The van der Waals surface area contributed by atoms with Crippen LogP contribution in [0.3, 0.4) is 0 Å². The average molecular weight is 142 g/mol. The summed E-state index contributed by atoms with van der Waals surface area (Å²) >= 11 is 0. The molecule has 10 heavy (non-hydrogen) atoms. The van der Waals surface area contributed by atoms with E-state index >= 15 is 0 Å². The molecular formula is C6H10N2O2. The van der Waals surface area contributed by atoms with E-state index in [1.54, 1.807) is 6.08 Å². The standard InChI is InChI=1S/C6H10N2O2/c1-2-7-6(9)8-4-3-5-10-8/h3,5H,2,4H2,1H3,(H,7,9). The first-order valence-corrected chi connectivity index (χ1v) is 3.21. The molecule has 0 aromatic carbocycles. The molecule has 0 unspecified atom stereocenters. The normalized spacial score (nSPS) is 15.1. The van der Waals surface area contributed by atoms with Gasteiger partial charge in [-0.25, -0.2) is 4.79 Å². The predicted octanol–water partition coefficient (Wildman–Crippen LogP) is 0.477. The van der Waals surface area contributed by atoms with Crippen LogP contribution in [0.2, 0.25) is 0 Å². The van der Waals surface area contributed by atoms with Gasteiger partial charge in [0.2, 0.25) is 0 Å².